The first-order chi connectivity index (χ1) is 27.9. The number of hydrogen-bond donors (Lipinski definition) is 7. The fourth-order valence-corrected chi connectivity index (χ4v) is 6.93. The van der Waals surface area contributed by atoms with Gasteiger partial charge in [0.2, 0.25) is 35.4 Å². The molecule has 320 valence electrons. The summed E-state index contributed by atoms with van der Waals surface area (Å²) in [7, 11) is 0. The first-order valence-corrected chi connectivity index (χ1v) is 20.5. The average Bonchev–Trinajstić information content (AvgIpc) is 3.56. The van der Waals surface area contributed by atoms with Crippen LogP contribution in [0.4, 0.5) is 0 Å². The second-order valence-corrected chi connectivity index (χ2v) is 17.1. The molecule has 3 aromatic rings. The zero-order chi connectivity index (χ0) is 43.3. The molecule has 5 atom stereocenters. The fourth-order valence-electron chi connectivity index (χ4n) is 6.93. The SMILES string of the molecule is CC(C)C[C@@H]1NC(=O)CNC(=O)[C@H](Cc2ccccc2)NC(=O)[C@H](Cc2c[nH]c3ccccc23)NC(=O)[C@H](CCCC(=O)OC(C)(C)C)NC(=O)[C@@H](CC(C)C)NC1=O. The van der Waals surface area contributed by atoms with E-state index in [1.807, 2.05) is 58.0 Å². The second kappa shape index (κ2) is 21.3. The third-order valence-electron chi connectivity index (χ3n) is 9.70. The highest BCUT2D eigenvalue weighted by atomic mass is 16.6. The van der Waals surface area contributed by atoms with E-state index in [1.165, 1.54) is 0 Å². The van der Waals surface area contributed by atoms with Gasteiger partial charge in [0.05, 0.1) is 6.54 Å². The van der Waals surface area contributed by atoms with Crippen molar-refractivity contribution in [3.63, 3.8) is 0 Å². The monoisotopic (exact) mass is 815 g/mol. The molecule has 0 saturated carbocycles. The number of benzene rings is 2. The zero-order valence-corrected chi connectivity index (χ0v) is 35.2. The number of ether oxygens (including phenoxy) is 1. The quantitative estimate of drug-likeness (QED) is 0.135. The third-order valence-corrected chi connectivity index (χ3v) is 9.70. The molecule has 7 N–H and O–H groups in total. The largest absolute Gasteiger partial charge is 0.460 e. The summed E-state index contributed by atoms with van der Waals surface area (Å²) in [5.74, 6) is -4.48. The number of amides is 6. The molecular weight excluding hydrogens is 755 g/mol. The molecule has 0 spiro atoms. The van der Waals surface area contributed by atoms with Gasteiger partial charge >= 0.3 is 5.97 Å². The number of fused-ring (bicyclic) bond motifs is 1. The maximum atomic E-state index is 14.4. The van der Waals surface area contributed by atoms with E-state index in [-0.39, 0.29) is 56.8 Å². The van der Waals surface area contributed by atoms with Crippen molar-refractivity contribution in [3.8, 4) is 0 Å². The number of carbonyl (C=O) groups is 7. The molecule has 0 unspecified atom stereocenters. The van der Waals surface area contributed by atoms with Gasteiger partial charge in [0.15, 0.2) is 0 Å². The maximum absolute atomic E-state index is 14.4. The summed E-state index contributed by atoms with van der Waals surface area (Å²) >= 11 is 0. The molecule has 0 aliphatic carbocycles. The van der Waals surface area contributed by atoms with Crippen LogP contribution in [0.2, 0.25) is 0 Å². The topological polar surface area (TPSA) is 217 Å². The standard InChI is InChI=1S/C44H61N7O8/c1-26(2)20-33-41(56)49-34(21-27(3)4)42(57)48-32(18-13-19-38(53)59-44(5,6)7)40(55)51-36(23-29-24-45-31-17-12-11-16-30(29)31)43(58)50-35(22-28-14-9-8-10-15-28)39(54)46-25-37(52)47-33/h8-12,14-17,24,26-27,32-36,45H,13,18-23,25H2,1-7H3,(H,46,54)(H,47,52)(H,48,57)(H,49,56)(H,50,58)(H,51,55)/t32-,33-,34+,35-,36-/m0/s1. The Morgan fingerprint density at radius 2 is 1.19 bits per heavy atom. The smallest absolute Gasteiger partial charge is 0.306 e. The van der Waals surface area contributed by atoms with Crippen LogP contribution in [0.1, 0.15) is 91.7 Å². The number of carbonyl (C=O) groups excluding carboxylic acids is 7. The summed E-state index contributed by atoms with van der Waals surface area (Å²) in [6, 6.07) is 10.7. The molecule has 1 aliphatic heterocycles. The van der Waals surface area contributed by atoms with E-state index < -0.39 is 83.8 Å². The summed E-state index contributed by atoms with van der Waals surface area (Å²) in [4.78, 5) is 99.7. The number of esters is 1. The van der Waals surface area contributed by atoms with Crippen molar-refractivity contribution in [2.75, 3.05) is 6.54 Å². The summed E-state index contributed by atoms with van der Waals surface area (Å²) in [5.41, 5.74) is 1.53. The van der Waals surface area contributed by atoms with Gasteiger partial charge in [-0.2, -0.15) is 0 Å². The van der Waals surface area contributed by atoms with Crippen molar-refractivity contribution in [2.24, 2.45) is 11.8 Å². The number of aromatic amines is 1. The Balaban J connectivity index is 1.75. The lowest BCUT2D eigenvalue weighted by Crippen LogP contribution is -2.60. The van der Waals surface area contributed by atoms with Crippen LogP contribution in [0, 0.1) is 11.8 Å². The van der Waals surface area contributed by atoms with Crippen molar-refractivity contribution in [1.82, 2.24) is 36.9 Å². The van der Waals surface area contributed by atoms with Gasteiger partial charge in [0.25, 0.3) is 0 Å². The average molecular weight is 816 g/mol. The second-order valence-electron chi connectivity index (χ2n) is 17.1. The number of hydrogen-bond acceptors (Lipinski definition) is 8. The first kappa shape index (κ1) is 46.0. The van der Waals surface area contributed by atoms with E-state index in [0.717, 1.165) is 16.5 Å². The molecule has 15 heteroatoms. The summed E-state index contributed by atoms with van der Waals surface area (Å²) in [6.07, 6.45) is 2.35. The molecule has 59 heavy (non-hydrogen) atoms. The Hall–Kier alpha value is -5.73. The lowest BCUT2D eigenvalue weighted by Gasteiger charge is -2.29. The van der Waals surface area contributed by atoms with Crippen LogP contribution in [0.25, 0.3) is 10.9 Å². The van der Waals surface area contributed by atoms with Gasteiger partial charge in [-0.1, -0.05) is 76.2 Å². The highest BCUT2D eigenvalue weighted by Crippen LogP contribution is 2.20. The van der Waals surface area contributed by atoms with Gasteiger partial charge in [-0.15, -0.1) is 0 Å². The number of aromatic nitrogens is 1. The molecule has 15 nitrogen and oxygen atoms in total. The van der Waals surface area contributed by atoms with Crippen molar-refractivity contribution in [1.29, 1.82) is 0 Å². The first-order valence-electron chi connectivity index (χ1n) is 20.5. The van der Waals surface area contributed by atoms with Crippen LogP contribution in [0.3, 0.4) is 0 Å². The van der Waals surface area contributed by atoms with Crippen LogP contribution in [0.5, 0.6) is 0 Å². The number of nitrogens with one attached hydrogen (secondary N) is 7. The molecule has 0 radical (unpaired) electrons. The number of para-hydroxylation sites is 1. The third kappa shape index (κ3) is 14.9. The van der Waals surface area contributed by atoms with Crippen LogP contribution >= 0.6 is 0 Å². The zero-order valence-electron chi connectivity index (χ0n) is 35.2. The van der Waals surface area contributed by atoms with E-state index in [1.54, 1.807) is 51.2 Å². The number of H-pyrrole nitrogens is 1. The highest BCUT2D eigenvalue weighted by Gasteiger charge is 2.34. The summed E-state index contributed by atoms with van der Waals surface area (Å²) in [5, 5.41) is 17.4. The fraction of sp³-hybridized carbons (Fsp3) is 0.523. The molecule has 6 amide bonds. The molecule has 1 aliphatic rings. The van der Waals surface area contributed by atoms with Crippen LogP contribution in [-0.2, 0) is 51.1 Å². The molecule has 2 aromatic carbocycles. The lowest BCUT2D eigenvalue weighted by molar-refractivity contribution is -0.155. The summed E-state index contributed by atoms with van der Waals surface area (Å²) in [6.45, 7) is 12.3. The predicted octanol–water partition coefficient (Wildman–Crippen LogP) is 3.11. The number of rotatable bonds is 12. The van der Waals surface area contributed by atoms with Gasteiger partial charge in [-0.3, -0.25) is 33.6 Å². The predicted molar refractivity (Wildman–Crippen MR) is 223 cm³/mol. The van der Waals surface area contributed by atoms with Crippen molar-refractivity contribution >= 4 is 52.3 Å². The Labute approximate surface area is 346 Å². The highest BCUT2D eigenvalue weighted by molar-refractivity contribution is 5.98. The van der Waals surface area contributed by atoms with Gasteiger partial charge < -0.3 is 41.6 Å². The van der Waals surface area contributed by atoms with Crippen LogP contribution in [-0.4, -0.2) is 88.8 Å². The van der Waals surface area contributed by atoms with Gasteiger partial charge in [0, 0.05) is 36.4 Å². The van der Waals surface area contributed by atoms with E-state index in [2.05, 4.69) is 36.9 Å². The van der Waals surface area contributed by atoms with Crippen molar-refractivity contribution in [3.05, 3.63) is 71.9 Å². The minimum Gasteiger partial charge on any atom is -0.460 e. The normalized spacial score (nSPS) is 21.7. The molecule has 1 aromatic heterocycles. The molecule has 1 saturated heterocycles. The van der Waals surface area contributed by atoms with Gasteiger partial charge in [-0.05, 0) is 75.5 Å². The van der Waals surface area contributed by atoms with Crippen LogP contribution in [0.15, 0.2) is 60.8 Å². The van der Waals surface area contributed by atoms with E-state index in [0.29, 0.717) is 5.56 Å². The van der Waals surface area contributed by atoms with E-state index >= 15 is 0 Å². The molecular formula is C44H61N7O8. The maximum Gasteiger partial charge on any atom is 0.306 e. The molecule has 4 rings (SSSR count). The molecule has 0 bridgehead atoms. The van der Waals surface area contributed by atoms with E-state index in [4.69, 9.17) is 4.74 Å². The Morgan fingerprint density at radius 3 is 1.81 bits per heavy atom. The van der Waals surface area contributed by atoms with E-state index in [9.17, 15) is 33.6 Å². The Morgan fingerprint density at radius 1 is 0.661 bits per heavy atom. The van der Waals surface area contributed by atoms with Gasteiger partial charge in [0.1, 0.15) is 35.8 Å². The van der Waals surface area contributed by atoms with Gasteiger partial charge in [-0.25, -0.2) is 0 Å². The Kier molecular flexibility index (Phi) is 16.6. The minimum absolute atomic E-state index is 0.00547. The van der Waals surface area contributed by atoms with Crippen molar-refractivity contribution < 1.29 is 38.3 Å². The lowest BCUT2D eigenvalue weighted by atomic mass is 9.99. The minimum atomic E-state index is -1.25. The Bertz CT molecular complexity index is 1940. The van der Waals surface area contributed by atoms with Crippen LogP contribution < -0.4 is 31.9 Å². The van der Waals surface area contributed by atoms with Crippen molar-refractivity contribution in [2.45, 2.75) is 129 Å². The summed E-state index contributed by atoms with van der Waals surface area (Å²) < 4.78 is 5.46. The molecule has 1 fully saturated rings. The molecule has 2 heterocycles.